The zero-order valence-electron chi connectivity index (χ0n) is 23.0. The van der Waals surface area contributed by atoms with Gasteiger partial charge in [0.25, 0.3) is 0 Å². The van der Waals surface area contributed by atoms with E-state index in [1.807, 2.05) is 12.4 Å². The van der Waals surface area contributed by atoms with Crippen molar-refractivity contribution in [3.63, 3.8) is 0 Å². The lowest BCUT2D eigenvalue weighted by Crippen LogP contribution is -1.92. The zero-order chi connectivity index (χ0) is 27.9. The van der Waals surface area contributed by atoms with E-state index in [4.69, 9.17) is 0 Å². The molecule has 0 fully saturated rings. The molecule has 8 rings (SSSR count). The molecule has 0 bridgehead atoms. The van der Waals surface area contributed by atoms with Crippen molar-refractivity contribution in [2.75, 3.05) is 0 Å². The van der Waals surface area contributed by atoms with E-state index in [1.54, 1.807) is 0 Å². The van der Waals surface area contributed by atoms with Gasteiger partial charge in [-0.25, -0.2) is 0 Å². The first-order chi connectivity index (χ1) is 20.9. The molecular weight excluding hydrogens is 506 g/mol. The lowest BCUT2D eigenvalue weighted by molar-refractivity contribution is 1.33. The molecule has 0 atom stereocenters. The quantitative estimate of drug-likeness (QED) is 0.205. The van der Waals surface area contributed by atoms with Crippen molar-refractivity contribution in [3.05, 3.63) is 164 Å². The molecule has 0 aliphatic rings. The Labute approximate surface area is 245 Å². The van der Waals surface area contributed by atoms with E-state index in [0.29, 0.717) is 0 Å². The molecule has 7 aromatic carbocycles. The van der Waals surface area contributed by atoms with Crippen LogP contribution in [0.25, 0.3) is 76.8 Å². The van der Waals surface area contributed by atoms with Crippen LogP contribution >= 0.6 is 0 Å². The molecule has 1 aromatic heterocycles. The Balaban J connectivity index is 1.44. The smallest absolute Gasteiger partial charge is 0.0273 e. The number of hydrogen-bond acceptors (Lipinski definition) is 1. The van der Waals surface area contributed by atoms with Crippen LogP contribution < -0.4 is 0 Å². The minimum Gasteiger partial charge on any atom is -0.265 e. The lowest BCUT2D eigenvalue weighted by Gasteiger charge is -2.20. The van der Waals surface area contributed by atoms with Crippen LogP contribution in [-0.2, 0) is 0 Å². The summed E-state index contributed by atoms with van der Waals surface area (Å²) in [6.07, 6.45) is 3.71. The number of pyridine rings is 1. The van der Waals surface area contributed by atoms with Crippen molar-refractivity contribution in [2.45, 2.75) is 0 Å². The van der Waals surface area contributed by atoms with Gasteiger partial charge in [-0.3, -0.25) is 4.98 Å². The molecule has 0 N–H and O–H groups in total. The molecule has 8 aromatic rings. The lowest BCUT2D eigenvalue weighted by atomic mass is 9.83. The number of aromatic nitrogens is 1. The first kappa shape index (κ1) is 24.3. The molecule has 0 spiro atoms. The van der Waals surface area contributed by atoms with Crippen LogP contribution in [0.1, 0.15) is 0 Å². The van der Waals surface area contributed by atoms with Crippen LogP contribution in [0.3, 0.4) is 0 Å². The molecule has 0 radical (unpaired) electrons. The molecule has 0 amide bonds. The fraction of sp³-hybridized carbons (Fsp3) is 0. The Morgan fingerprint density at radius 1 is 0.286 bits per heavy atom. The molecule has 196 valence electrons. The SMILES string of the molecule is c1ccc(-c2ccc(-c3c4ccccc4c(-c4cccc(-c5ccncc5)c4)c4ccccc34)c3ccccc23)cc1. The van der Waals surface area contributed by atoms with E-state index in [2.05, 4.69) is 157 Å². The standard InChI is InChI=1S/C41H27N/c1-2-11-29(12-3-1)32-21-22-39(34-16-5-4-15-33(32)34)41-37-19-8-6-17-35(37)40(36-18-7-9-20-38(36)41)31-14-10-13-30(27-31)28-23-25-42-26-24-28/h1-27H. The van der Waals surface area contributed by atoms with Gasteiger partial charge in [-0.05, 0) is 95.0 Å². The van der Waals surface area contributed by atoms with Crippen molar-refractivity contribution < 1.29 is 0 Å². The van der Waals surface area contributed by atoms with Crippen LogP contribution in [-0.4, -0.2) is 4.98 Å². The Hall–Kier alpha value is -5.53. The van der Waals surface area contributed by atoms with Crippen molar-refractivity contribution in [3.8, 4) is 44.5 Å². The van der Waals surface area contributed by atoms with Crippen molar-refractivity contribution >= 4 is 32.3 Å². The predicted octanol–water partition coefficient (Wildman–Crippen LogP) is 11.2. The number of fused-ring (bicyclic) bond motifs is 3. The van der Waals surface area contributed by atoms with Crippen LogP contribution in [0.4, 0.5) is 0 Å². The van der Waals surface area contributed by atoms with E-state index >= 15 is 0 Å². The van der Waals surface area contributed by atoms with Gasteiger partial charge in [-0.2, -0.15) is 0 Å². The summed E-state index contributed by atoms with van der Waals surface area (Å²) in [6, 6.07) is 55.0. The second kappa shape index (κ2) is 10.1. The molecule has 0 unspecified atom stereocenters. The largest absolute Gasteiger partial charge is 0.265 e. The van der Waals surface area contributed by atoms with E-state index in [0.717, 1.165) is 0 Å². The number of hydrogen-bond donors (Lipinski definition) is 0. The van der Waals surface area contributed by atoms with Gasteiger partial charge >= 0.3 is 0 Å². The summed E-state index contributed by atoms with van der Waals surface area (Å²) in [4.78, 5) is 4.22. The first-order valence-corrected chi connectivity index (χ1v) is 14.4. The highest BCUT2D eigenvalue weighted by molar-refractivity contribution is 6.24. The highest BCUT2D eigenvalue weighted by atomic mass is 14.6. The monoisotopic (exact) mass is 533 g/mol. The second-order valence-corrected chi connectivity index (χ2v) is 10.7. The van der Waals surface area contributed by atoms with Crippen LogP contribution in [0.2, 0.25) is 0 Å². The normalized spacial score (nSPS) is 11.3. The van der Waals surface area contributed by atoms with Gasteiger partial charge in [0, 0.05) is 12.4 Å². The average Bonchev–Trinajstić information content (AvgIpc) is 3.07. The summed E-state index contributed by atoms with van der Waals surface area (Å²) < 4.78 is 0. The fourth-order valence-corrected chi connectivity index (χ4v) is 6.51. The van der Waals surface area contributed by atoms with E-state index in [9.17, 15) is 0 Å². The molecule has 0 saturated heterocycles. The molecule has 42 heavy (non-hydrogen) atoms. The van der Waals surface area contributed by atoms with Gasteiger partial charge in [0.1, 0.15) is 0 Å². The average molecular weight is 534 g/mol. The molecule has 1 heteroatoms. The molecule has 0 saturated carbocycles. The maximum atomic E-state index is 4.22. The highest BCUT2D eigenvalue weighted by Gasteiger charge is 2.19. The third-order valence-corrected chi connectivity index (χ3v) is 8.37. The number of benzene rings is 7. The summed E-state index contributed by atoms with van der Waals surface area (Å²) in [7, 11) is 0. The van der Waals surface area contributed by atoms with Gasteiger partial charge in [-0.15, -0.1) is 0 Å². The fourth-order valence-electron chi connectivity index (χ4n) is 6.51. The van der Waals surface area contributed by atoms with Crippen LogP contribution in [0, 0.1) is 0 Å². The summed E-state index contributed by atoms with van der Waals surface area (Å²) >= 11 is 0. The Morgan fingerprint density at radius 3 is 1.40 bits per heavy atom. The van der Waals surface area contributed by atoms with E-state index in [1.165, 1.54) is 76.8 Å². The van der Waals surface area contributed by atoms with Crippen molar-refractivity contribution in [2.24, 2.45) is 0 Å². The third kappa shape index (κ3) is 3.98. The van der Waals surface area contributed by atoms with Gasteiger partial charge in [0.05, 0.1) is 0 Å². The van der Waals surface area contributed by atoms with Crippen molar-refractivity contribution in [1.29, 1.82) is 0 Å². The van der Waals surface area contributed by atoms with Gasteiger partial charge in [-0.1, -0.05) is 133 Å². The summed E-state index contributed by atoms with van der Waals surface area (Å²) in [5.41, 5.74) is 9.88. The Bertz CT molecular complexity index is 2170. The summed E-state index contributed by atoms with van der Waals surface area (Å²) in [5.74, 6) is 0. The Morgan fingerprint density at radius 2 is 0.762 bits per heavy atom. The summed E-state index contributed by atoms with van der Waals surface area (Å²) in [6.45, 7) is 0. The third-order valence-electron chi connectivity index (χ3n) is 8.37. The second-order valence-electron chi connectivity index (χ2n) is 10.7. The molecule has 0 aliphatic heterocycles. The van der Waals surface area contributed by atoms with Crippen LogP contribution in [0.5, 0.6) is 0 Å². The highest BCUT2D eigenvalue weighted by Crippen LogP contribution is 2.46. The van der Waals surface area contributed by atoms with Gasteiger partial charge in [0.15, 0.2) is 0 Å². The number of nitrogens with zero attached hydrogens (tertiary/aromatic N) is 1. The first-order valence-electron chi connectivity index (χ1n) is 14.4. The zero-order valence-corrected chi connectivity index (χ0v) is 23.0. The number of rotatable bonds is 4. The topological polar surface area (TPSA) is 12.9 Å². The van der Waals surface area contributed by atoms with Crippen molar-refractivity contribution in [1.82, 2.24) is 4.98 Å². The van der Waals surface area contributed by atoms with E-state index in [-0.39, 0.29) is 0 Å². The predicted molar refractivity (Wildman–Crippen MR) is 178 cm³/mol. The molecule has 1 nitrogen and oxygen atoms in total. The molecular formula is C41H27N. The maximum absolute atomic E-state index is 4.22. The molecule has 0 aliphatic carbocycles. The minimum atomic E-state index is 1.17. The van der Waals surface area contributed by atoms with Gasteiger partial charge < -0.3 is 0 Å². The molecule has 1 heterocycles. The summed E-state index contributed by atoms with van der Waals surface area (Å²) in [5, 5.41) is 7.57. The minimum absolute atomic E-state index is 1.17. The maximum Gasteiger partial charge on any atom is 0.0273 e. The van der Waals surface area contributed by atoms with Crippen LogP contribution in [0.15, 0.2) is 164 Å². The van der Waals surface area contributed by atoms with Gasteiger partial charge in [0.2, 0.25) is 0 Å². The Kier molecular flexibility index (Phi) is 5.86. The van der Waals surface area contributed by atoms with E-state index < -0.39 is 0 Å².